The minimum atomic E-state index is 0.630. The van der Waals surface area contributed by atoms with E-state index in [9.17, 15) is 0 Å². The number of hydrogen-bond donors (Lipinski definition) is 1. The van der Waals surface area contributed by atoms with Crippen LogP contribution in [0, 0.1) is 0 Å². The molecule has 2 aromatic heterocycles. The maximum atomic E-state index is 5.53. The standard InChI is InChI=1S/C10H14N4/c1-2-10-13-8(3-4-11)9-7-12-5-6-14(9)10/h5-7H,2-4,11H2,1H3. The van der Waals surface area contributed by atoms with Gasteiger partial charge >= 0.3 is 0 Å². The molecule has 0 fully saturated rings. The predicted molar refractivity (Wildman–Crippen MR) is 55.1 cm³/mol. The van der Waals surface area contributed by atoms with Crippen molar-refractivity contribution in [2.24, 2.45) is 5.73 Å². The summed E-state index contributed by atoms with van der Waals surface area (Å²) in [4.78, 5) is 8.64. The lowest BCUT2D eigenvalue weighted by atomic mass is 10.3. The summed E-state index contributed by atoms with van der Waals surface area (Å²) in [6.45, 7) is 2.73. The molecule has 2 heterocycles. The second-order valence-corrected chi connectivity index (χ2v) is 3.20. The lowest BCUT2D eigenvalue weighted by Crippen LogP contribution is -2.03. The Hall–Kier alpha value is -1.42. The molecule has 0 saturated carbocycles. The first-order chi connectivity index (χ1) is 6.86. The smallest absolute Gasteiger partial charge is 0.113 e. The van der Waals surface area contributed by atoms with Gasteiger partial charge in [0.05, 0.1) is 17.4 Å². The van der Waals surface area contributed by atoms with Crippen LogP contribution in [-0.4, -0.2) is 20.9 Å². The molecule has 2 aromatic rings. The van der Waals surface area contributed by atoms with Gasteiger partial charge in [-0.15, -0.1) is 0 Å². The molecule has 2 rings (SSSR count). The zero-order chi connectivity index (χ0) is 9.97. The highest BCUT2D eigenvalue weighted by molar-refractivity contribution is 5.51. The predicted octanol–water partition coefficient (Wildman–Crippen LogP) is 0.793. The Labute approximate surface area is 82.8 Å². The van der Waals surface area contributed by atoms with Crippen molar-refractivity contribution in [3.05, 3.63) is 30.1 Å². The normalized spacial score (nSPS) is 11.0. The van der Waals surface area contributed by atoms with Crippen LogP contribution in [0.1, 0.15) is 18.4 Å². The van der Waals surface area contributed by atoms with Crippen molar-refractivity contribution in [3.8, 4) is 0 Å². The SMILES string of the molecule is CCc1nc(CCN)c2cnccn12. The minimum absolute atomic E-state index is 0.630. The molecule has 0 unspecified atom stereocenters. The van der Waals surface area contributed by atoms with E-state index in [-0.39, 0.29) is 0 Å². The molecule has 74 valence electrons. The highest BCUT2D eigenvalue weighted by atomic mass is 15.0. The van der Waals surface area contributed by atoms with Crippen LogP contribution in [0.4, 0.5) is 0 Å². The molecule has 0 saturated heterocycles. The van der Waals surface area contributed by atoms with E-state index >= 15 is 0 Å². The van der Waals surface area contributed by atoms with Crippen molar-refractivity contribution in [1.82, 2.24) is 14.4 Å². The average molecular weight is 190 g/mol. The molecule has 0 amide bonds. The van der Waals surface area contributed by atoms with E-state index in [0.29, 0.717) is 6.54 Å². The van der Waals surface area contributed by atoms with E-state index in [1.165, 1.54) is 0 Å². The third-order valence-electron chi connectivity index (χ3n) is 2.29. The van der Waals surface area contributed by atoms with E-state index in [1.807, 2.05) is 12.4 Å². The molecule has 0 atom stereocenters. The van der Waals surface area contributed by atoms with Gasteiger partial charge in [0.25, 0.3) is 0 Å². The fourth-order valence-electron chi connectivity index (χ4n) is 1.64. The lowest BCUT2D eigenvalue weighted by molar-refractivity contribution is 0.898. The van der Waals surface area contributed by atoms with Crippen molar-refractivity contribution in [2.75, 3.05) is 6.54 Å². The molecule has 0 radical (unpaired) electrons. The third kappa shape index (κ3) is 1.37. The third-order valence-corrected chi connectivity index (χ3v) is 2.29. The number of imidazole rings is 1. The number of rotatable bonds is 3. The first-order valence-corrected chi connectivity index (χ1v) is 4.86. The zero-order valence-corrected chi connectivity index (χ0v) is 8.27. The Bertz CT molecular complexity index is 433. The van der Waals surface area contributed by atoms with Crippen LogP contribution in [0.3, 0.4) is 0 Å². The molecule has 14 heavy (non-hydrogen) atoms. The number of aryl methyl sites for hydroxylation is 1. The van der Waals surface area contributed by atoms with Crippen molar-refractivity contribution in [3.63, 3.8) is 0 Å². The van der Waals surface area contributed by atoms with Crippen LogP contribution in [0.5, 0.6) is 0 Å². The van der Waals surface area contributed by atoms with Gasteiger partial charge in [0, 0.05) is 25.2 Å². The summed E-state index contributed by atoms with van der Waals surface area (Å²) >= 11 is 0. The Balaban J connectivity index is 2.61. The zero-order valence-electron chi connectivity index (χ0n) is 8.27. The molecule has 0 bridgehead atoms. The molecule has 4 heteroatoms. The first kappa shape index (κ1) is 9.15. The lowest BCUT2D eigenvalue weighted by Gasteiger charge is -1.95. The Kier molecular flexibility index (Phi) is 2.45. The van der Waals surface area contributed by atoms with Gasteiger partial charge in [-0.05, 0) is 6.54 Å². The molecular weight excluding hydrogens is 176 g/mol. The van der Waals surface area contributed by atoms with Gasteiger partial charge < -0.3 is 10.1 Å². The minimum Gasteiger partial charge on any atom is -0.330 e. The topological polar surface area (TPSA) is 56.2 Å². The van der Waals surface area contributed by atoms with Crippen molar-refractivity contribution >= 4 is 5.52 Å². The van der Waals surface area contributed by atoms with Crippen molar-refractivity contribution in [1.29, 1.82) is 0 Å². The summed E-state index contributed by atoms with van der Waals surface area (Å²) in [6.07, 6.45) is 7.31. The summed E-state index contributed by atoms with van der Waals surface area (Å²) in [5.74, 6) is 1.07. The average Bonchev–Trinajstić information content (AvgIpc) is 2.58. The first-order valence-electron chi connectivity index (χ1n) is 4.86. The van der Waals surface area contributed by atoms with Gasteiger partial charge in [-0.2, -0.15) is 0 Å². The van der Waals surface area contributed by atoms with Gasteiger partial charge in [-0.3, -0.25) is 4.98 Å². The van der Waals surface area contributed by atoms with E-state index in [2.05, 4.69) is 21.3 Å². The number of nitrogens with two attached hydrogens (primary N) is 1. The van der Waals surface area contributed by atoms with Crippen molar-refractivity contribution in [2.45, 2.75) is 19.8 Å². The monoisotopic (exact) mass is 190 g/mol. The maximum absolute atomic E-state index is 5.53. The summed E-state index contributed by atoms with van der Waals surface area (Å²) < 4.78 is 2.08. The molecule has 0 spiro atoms. The largest absolute Gasteiger partial charge is 0.330 e. The Morgan fingerprint density at radius 3 is 3.07 bits per heavy atom. The van der Waals surface area contributed by atoms with Gasteiger partial charge in [-0.25, -0.2) is 4.98 Å². The van der Waals surface area contributed by atoms with Gasteiger partial charge in [0.1, 0.15) is 5.82 Å². The van der Waals surface area contributed by atoms with E-state index in [0.717, 1.165) is 29.9 Å². The molecule has 0 aromatic carbocycles. The summed E-state index contributed by atoms with van der Waals surface area (Å²) in [6, 6.07) is 0. The van der Waals surface area contributed by atoms with Crippen LogP contribution < -0.4 is 5.73 Å². The Morgan fingerprint density at radius 1 is 1.50 bits per heavy atom. The molecule has 0 aliphatic carbocycles. The number of nitrogens with zero attached hydrogens (tertiary/aromatic N) is 3. The highest BCUT2D eigenvalue weighted by Crippen LogP contribution is 2.12. The van der Waals surface area contributed by atoms with Crippen LogP contribution in [0.25, 0.3) is 5.52 Å². The Morgan fingerprint density at radius 2 is 2.36 bits per heavy atom. The quantitative estimate of drug-likeness (QED) is 0.778. The summed E-state index contributed by atoms with van der Waals surface area (Å²) in [5.41, 5.74) is 7.66. The van der Waals surface area contributed by atoms with Gasteiger partial charge in [0.15, 0.2) is 0 Å². The number of aromatic nitrogens is 3. The molecular formula is C10H14N4. The number of fused-ring (bicyclic) bond motifs is 1. The second kappa shape index (κ2) is 3.75. The number of hydrogen-bond acceptors (Lipinski definition) is 3. The van der Waals surface area contributed by atoms with E-state index in [1.54, 1.807) is 6.20 Å². The van der Waals surface area contributed by atoms with Crippen molar-refractivity contribution < 1.29 is 0 Å². The van der Waals surface area contributed by atoms with Crippen LogP contribution in [-0.2, 0) is 12.8 Å². The molecule has 2 N–H and O–H groups in total. The van der Waals surface area contributed by atoms with E-state index in [4.69, 9.17) is 5.73 Å². The van der Waals surface area contributed by atoms with E-state index < -0.39 is 0 Å². The second-order valence-electron chi connectivity index (χ2n) is 3.20. The highest BCUT2D eigenvalue weighted by Gasteiger charge is 2.07. The molecule has 0 aliphatic rings. The summed E-state index contributed by atoms with van der Waals surface area (Å²) in [5, 5.41) is 0. The summed E-state index contributed by atoms with van der Waals surface area (Å²) in [7, 11) is 0. The molecule has 0 aliphatic heterocycles. The molecule has 4 nitrogen and oxygen atoms in total. The fourth-order valence-corrected chi connectivity index (χ4v) is 1.64. The fraction of sp³-hybridized carbons (Fsp3) is 0.400. The maximum Gasteiger partial charge on any atom is 0.113 e. The van der Waals surface area contributed by atoms with Crippen LogP contribution >= 0.6 is 0 Å². The van der Waals surface area contributed by atoms with Gasteiger partial charge in [0.2, 0.25) is 0 Å². The van der Waals surface area contributed by atoms with Crippen LogP contribution in [0.2, 0.25) is 0 Å². The van der Waals surface area contributed by atoms with Gasteiger partial charge in [-0.1, -0.05) is 6.92 Å². The van der Waals surface area contributed by atoms with Crippen LogP contribution in [0.15, 0.2) is 18.6 Å².